The molecule has 12 heavy (non-hydrogen) atoms. The van der Waals surface area contributed by atoms with Crippen molar-refractivity contribution >= 4 is 12.2 Å². The van der Waals surface area contributed by atoms with E-state index in [1.54, 1.807) is 0 Å². The van der Waals surface area contributed by atoms with Gasteiger partial charge in [0.2, 0.25) is 5.82 Å². The van der Waals surface area contributed by atoms with Crippen LogP contribution in [0.3, 0.4) is 0 Å². The van der Waals surface area contributed by atoms with E-state index in [4.69, 9.17) is 10.00 Å². The molecule has 2 heterocycles. The smallest absolute Gasteiger partial charge is 0.234 e. The Hall–Kier alpha value is -2.16. The van der Waals surface area contributed by atoms with Crippen molar-refractivity contribution in [1.82, 2.24) is 9.97 Å². The molecule has 1 aliphatic heterocycles. The van der Waals surface area contributed by atoms with E-state index in [1.165, 1.54) is 12.6 Å². The standard InChI is InChI=1S/C6H3N5O/c7-1-5-8-2-4-6(10-5)11-9-3-12-4/h2-3H,(H,8,10,11). The van der Waals surface area contributed by atoms with E-state index in [9.17, 15) is 0 Å². The minimum absolute atomic E-state index is 0.0851. The molecule has 2 rings (SSSR count). The molecule has 0 spiro atoms. The Morgan fingerprint density at radius 3 is 3.33 bits per heavy atom. The first-order valence-electron chi connectivity index (χ1n) is 3.11. The van der Waals surface area contributed by atoms with Gasteiger partial charge in [-0.2, -0.15) is 10.2 Å². The van der Waals surface area contributed by atoms with Crippen LogP contribution < -0.4 is 10.2 Å². The largest absolute Gasteiger partial charge is 0.439 e. The Kier molecular flexibility index (Phi) is 1.35. The van der Waals surface area contributed by atoms with Crippen LogP contribution in [0.25, 0.3) is 0 Å². The van der Waals surface area contributed by atoms with E-state index < -0.39 is 0 Å². The molecule has 6 nitrogen and oxygen atoms in total. The second-order valence-corrected chi connectivity index (χ2v) is 1.98. The van der Waals surface area contributed by atoms with Crippen molar-refractivity contribution < 1.29 is 4.74 Å². The van der Waals surface area contributed by atoms with Gasteiger partial charge < -0.3 is 4.74 Å². The van der Waals surface area contributed by atoms with Crippen molar-refractivity contribution in [3.8, 4) is 11.8 Å². The van der Waals surface area contributed by atoms with Gasteiger partial charge in [0.1, 0.15) is 6.07 Å². The lowest BCUT2D eigenvalue weighted by Crippen LogP contribution is -2.07. The number of hydrogen-bond acceptors (Lipinski definition) is 6. The molecule has 0 aliphatic carbocycles. The summed E-state index contributed by atoms with van der Waals surface area (Å²) < 4.78 is 4.93. The van der Waals surface area contributed by atoms with Crippen molar-refractivity contribution in [2.45, 2.75) is 0 Å². The SMILES string of the molecule is N#Cc1ncc2c(n1)NN=CO2. The van der Waals surface area contributed by atoms with E-state index in [1.807, 2.05) is 6.07 Å². The van der Waals surface area contributed by atoms with E-state index in [-0.39, 0.29) is 5.82 Å². The Morgan fingerprint density at radius 2 is 2.50 bits per heavy atom. The Labute approximate surface area is 67.5 Å². The fraction of sp³-hybridized carbons (Fsp3) is 0. The molecular weight excluding hydrogens is 158 g/mol. The lowest BCUT2D eigenvalue weighted by atomic mass is 10.5. The maximum absolute atomic E-state index is 8.46. The third-order valence-corrected chi connectivity index (χ3v) is 1.26. The molecule has 1 aromatic heterocycles. The number of nitriles is 1. The van der Waals surface area contributed by atoms with E-state index in [0.29, 0.717) is 11.6 Å². The number of hydrogen-bond donors (Lipinski definition) is 1. The van der Waals surface area contributed by atoms with Gasteiger partial charge in [-0.3, -0.25) is 5.43 Å². The highest BCUT2D eigenvalue weighted by atomic mass is 16.5. The van der Waals surface area contributed by atoms with Crippen LogP contribution in [0.5, 0.6) is 5.75 Å². The van der Waals surface area contributed by atoms with Crippen LogP contribution in [0.1, 0.15) is 5.82 Å². The first-order chi connectivity index (χ1) is 5.90. The summed E-state index contributed by atoms with van der Waals surface area (Å²) in [6, 6.07) is 1.81. The fourth-order valence-corrected chi connectivity index (χ4v) is 0.762. The van der Waals surface area contributed by atoms with Crippen molar-refractivity contribution in [1.29, 1.82) is 5.26 Å². The first-order valence-corrected chi connectivity index (χ1v) is 3.11. The van der Waals surface area contributed by atoms with Gasteiger partial charge in [0.25, 0.3) is 0 Å². The molecule has 58 valence electrons. The highest BCUT2D eigenvalue weighted by molar-refractivity contribution is 5.63. The minimum Gasteiger partial charge on any atom is -0.439 e. The maximum atomic E-state index is 8.46. The highest BCUT2D eigenvalue weighted by Crippen LogP contribution is 2.21. The van der Waals surface area contributed by atoms with Crippen LogP contribution in [-0.4, -0.2) is 16.4 Å². The van der Waals surface area contributed by atoms with Crippen LogP contribution in [0.4, 0.5) is 5.82 Å². The fourth-order valence-electron chi connectivity index (χ4n) is 0.762. The van der Waals surface area contributed by atoms with Crippen molar-refractivity contribution in [2.24, 2.45) is 5.10 Å². The van der Waals surface area contributed by atoms with Crippen molar-refractivity contribution in [3.63, 3.8) is 0 Å². The van der Waals surface area contributed by atoms with Crippen LogP contribution in [-0.2, 0) is 0 Å². The molecule has 0 saturated carbocycles. The predicted molar refractivity (Wildman–Crippen MR) is 39.5 cm³/mol. The Balaban J connectivity index is 2.48. The van der Waals surface area contributed by atoms with Gasteiger partial charge in [-0.1, -0.05) is 0 Å². The summed E-state index contributed by atoms with van der Waals surface area (Å²) in [7, 11) is 0. The highest BCUT2D eigenvalue weighted by Gasteiger charge is 2.09. The number of fused-ring (bicyclic) bond motifs is 1. The molecule has 1 aromatic rings. The zero-order valence-electron chi connectivity index (χ0n) is 5.85. The van der Waals surface area contributed by atoms with Gasteiger partial charge in [-0.05, 0) is 0 Å². The molecule has 0 amide bonds. The Morgan fingerprint density at radius 1 is 1.58 bits per heavy atom. The van der Waals surface area contributed by atoms with E-state index in [0.717, 1.165) is 0 Å². The number of anilines is 1. The molecule has 0 unspecified atom stereocenters. The monoisotopic (exact) mass is 161 g/mol. The molecule has 0 saturated heterocycles. The molecule has 6 heteroatoms. The molecule has 0 fully saturated rings. The third kappa shape index (κ3) is 0.932. The number of rotatable bonds is 0. The number of nitrogens with zero attached hydrogens (tertiary/aromatic N) is 4. The lowest BCUT2D eigenvalue weighted by molar-refractivity contribution is 0.558. The second kappa shape index (κ2) is 2.47. The molecule has 0 bridgehead atoms. The summed E-state index contributed by atoms with van der Waals surface area (Å²) >= 11 is 0. The summed E-state index contributed by atoms with van der Waals surface area (Å²) in [5, 5.41) is 12.1. The first kappa shape index (κ1) is 6.54. The summed E-state index contributed by atoms with van der Waals surface area (Å²) in [5.74, 6) is 0.954. The summed E-state index contributed by atoms with van der Waals surface area (Å²) in [6.07, 6.45) is 2.65. The van der Waals surface area contributed by atoms with Crippen molar-refractivity contribution in [3.05, 3.63) is 12.0 Å². The second-order valence-electron chi connectivity index (χ2n) is 1.98. The van der Waals surface area contributed by atoms with E-state index >= 15 is 0 Å². The molecule has 1 aliphatic rings. The zero-order valence-corrected chi connectivity index (χ0v) is 5.85. The number of nitrogens with one attached hydrogen (secondary N) is 1. The van der Waals surface area contributed by atoms with Crippen molar-refractivity contribution in [2.75, 3.05) is 5.43 Å². The summed E-state index contributed by atoms with van der Waals surface area (Å²) in [6.45, 7) is 0. The normalized spacial score (nSPS) is 12.2. The minimum atomic E-state index is 0.0851. The van der Waals surface area contributed by atoms with Gasteiger partial charge in [0, 0.05) is 0 Å². The molecule has 0 radical (unpaired) electrons. The quantitative estimate of drug-likeness (QED) is 0.583. The Bertz CT molecular complexity index is 380. The number of hydrazone groups is 1. The molecule has 0 atom stereocenters. The van der Waals surface area contributed by atoms with Crippen LogP contribution in [0.2, 0.25) is 0 Å². The number of aromatic nitrogens is 2. The average Bonchev–Trinajstić information content (AvgIpc) is 2.17. The van der Waals surface area contributed by atoms with E-state index in [2.05, 4.69) is 20.5 Å². The summed E-state index contributed by atoms with van der Waals surface area (Å²) in [5.41, 5.74) is 2.58. The zero-order chi connectivity index (χ0) is 8.39. The topological polar surface area (TPSA) is 83.2 Å². The predicted octanol–water partition coefficient (Wildman–Crippen LogP) is 0.0959. The average molecular weight is 161 g/mol. The summed E-state index contributed by atoms with van der Waals surface area (Å²) in [4.78, 5) is 7.52. The van der Waals surface area contributed by atoms with Gasteiger partial charge in [0.15, 0.2) is 18.0 Å². The molecule has 1 N–H and O–H groups in total. The van der Waals surface area contributed by atoms with Crippen LogP contribution >= 0.6 is 0 Å². The van der Waals surface area contributed by atoms with Gasteiger partial charge in [-0.15, -0.1) is 5.10 Å². The van der Waals surface area contributed by atoms with Gasteiger partial charge in [0.05, 0.1) is 6.20 Å². The van der Waals surface area contributed by atoms with Crippen LogP contribution in [0, 0.1) is 11.3 Å². The molecular formula is C6H3N5O. The lowest BCUT2D eigenvalue weighted by Gasteiger charge is -2.09. The van der Waals surface area contributed by atoms with Gasteiger partial charge >= 0.3 is 0 Å². The van der Waals surface area contributed by atoms with Gasteiger partial charge in [-0.25, -0.2) is 4.98 Å². The third-order valence-electron chi connectivity index (χ3n) is 1.26. The molecule has 0 aromatic carbocycles. The van der Waals surface area contributed by atoms with Crippen LogP contribution in [0.15, 0.2) is 11.3 Å². The number of ether oxygens (including phenoxy) is 1. The maximum Gasteiger partial charge on any atom is 0.234 e.